The molecule has 11 nitrogen and oxygen atoms in total. The first kappa shape index (κ1) is 28.6. The summed E-state index contributed by atoms with van der Waals surface area (Å²) in [5, 5.41) is 17.7. The van der Waals surface area contributed by atoms with Gasteiger partial charge in [0.25, 0.3) is 5.91 Å². The molecule has 2 atom stereocenters. The first-order valence-electron chi connectivity index (χ1n) is 12.1. The Balaban J connectivity index is 1.63. The van der Waals surface area contributed by atoms with Crippen molar-refractivity contribution in [1.29, 1.82) is 5.26 Å². The van der Waals surface area contributed by atoms with Crippen LogP contribution in [-0.4, -0.2) is 62.3 Å². The largest absolute Gasteiger partial charge is 0.496 e. The number of carbonyl (C=O) groups is 5. The number of methoxy groups -OCH3 is 1. The van der Waals surface area contributed by atoms with Crippen LogP contribution in [0.2, 0.25) is 0 Å². The molecule has 0 saturated carbocycles. The molecule has 1 aromatic carbocycles. The molecule has 0 bridgehead atoms. The van der Waals surface area contributed by atoms with Gasteiger partial charge in [-0.15, -0.1) is 11.3 Å². The van der Waals surface area contributed by atoms with Gasteiger partial charge in [0.2, 0.25) is 11.8 Å². The number of hydrogen-bond donors (Lipinski definition) is 3. The number of amides is 3. The molecular formula is C26H30N4O7S. The zero-order chi connectivity index (χ0) is 27.9. The summed E-state index contributed by atoms with van der Waals surface area (Å²) in [6.45, 7) is 2.18. The predicted molar refractivity (Wildman–Crippen MR) is 138 cm³/mol. The number of nitrogens with zero attached hydrogens (tertiary/aromatic N) is 1. The first-order valence-corrected chi connectivity index (χ1v) is 12.9. The summed E-state index contributed by atoms with van der Waals surface area (Å²) in [5.74, 6) is -2.71. The fourth-order valence-corrected chi connectivity index (χ4v) is 4.89. The molecule has 1 aliphatic rings. The number of hydrogen-bond acceptors (Lipinski definition) is 9. The lowest BCUT2D eigenvalue weighted by Crippen LogP contribution is -2.49. The number of ether oxygens (including phenoxy) is 2. The van der Waals surface area contributed by atoms with Crippen LogP contribution in [0.3, 0.4) is 0 Å². The van der Waals surface area contributed by atoms with E-state index in [0.717, 1.165) is 16.5 Å². The van der Waals surface area contributed by atoms with Crippen molar-refractivity contribution in [2.75, 3.05) is 26.8 Å². The summed E-state index contributed by atoms with van der Waals surface area (Å²) in [4.78, 5) is 63.0. The quantitative estimate of drug-likeness (QED) is 0.361. The van der Waals surface area contributed by atoms with E-state index in [2.05, 4.69) is 16.0 Å². The van der Waals surface area contributed by atoms with Crippen molar-refractivity contribution in [3.8, 4) is 11.8 Å². The van der Waals surface area contributed by atoms with E-state index in [1.165, 1.54) is 32.3 Å². The fourth-order valence-electron chi connectivity index (χ4n) is 3.90. The molecular weight excluding hydrogens is 512 g/mol. The van der Waals surface area contributed by atoms with Crippen LogP contribution in [0.1, 0.15) is 42.8 Å². The normalized spacial score (nSPS) is 16.1. The molecule has 12 heteroatoms. The molecule has 1 saturated heterocycles. The molecule has 0 aliphatic carbocycles. The fraction of sp³-hybridized carbons (Fsp3) is 0.462. The molecule has 0 radical (unpaired) electrons. The van der Waals surface area contributed by atoms with Crippen molar-refractivity contribution in [1.82, 2.24) is 16.0 Å². The van der Waals surface area contributed by atoms with E-state index in [1.807, 2.05) is 12.1 Å². The maximum absolute atomic E-state index is 12.9. The standard InChI is InChI=1S/C26H30N4O7S/c1-26(2,14-27)25(35)37-13-18(31)17(10-15-6-5-9-28-23(15)33)30-22(32)12-29-24(34)21-11-16-19(36-3)7-4-8-20(16)38-21/h4,7-8,11,15,17H,5-6,9-10,12-13H2,1-3H3,(H,28,33)(H,29,34)(H,30,32)/t15-,17?/m0/s1. The summed E-state index contributed by atoms with van der Waals surface area (Å²) >= 11 is 1.25. The molecule has 202 valence electrons. The van der Waals surface area contributed by atoms with Crippen LogP contribution < -0.4 is 20.7 Å². The average molecular weight is 543 g/mol. The maximum Gasteiger partial charge on any atom is 0.326 e. The minimum atomic E-state index is -1.44. The third-order valence-electron chi connectivity index (χ3n) is 6.15. The molecule has 3 amide bonds. The number of piperidine rings is 1. The van der Waals surface area contributed by atoms with Crippen molar-refractivity contribution in [3.05, 3.63) is 29.1 Å². The molecule has 38 heavy (non-hydrogen) atoms. The molecule has 1 aromatic heterocycles. The third-order valence-corrected chi connectivity index (χ3v) is 7.25. The minimum Gasteiger partial charge on any atom is -0.496 e. The topological polar surface area (TPSA) is 164 Å². The smallest absolute Gasteiger partial charge is 0.326 e. The SMILES string of the molecule is COc1cccc2sc(C(=O)NCC(=O)NC(C[C@@H]3CCCNC3=O)C(=O)COC(=O)C(C)(C)C#N)cc12. The Bertz CT molecular complexity index is 1280. The number of carbonyl (C=O) groups excluding carboxylic acids is 5. The van der Waals surface area contributed by atoms with Crippen molar-refractivity contribution < 1.29 is 33.4 Å². The van der Waals surface area contributed by atoms with E-state index in [4.69, 9.17) is 14.7 Å². The van der Waals surface area contributed by atoms with Crippen LogP contribution in [0.4, 0.5) is 0 Å². The Labute approximate surface area is 223 Å². The highest BCUT2D eigenvalue weighted by Gasteiger charge is 2.33. The Hall–Kier alpha value is -3.98. The number of fused-ring (bicyclic) bond motifs is 1. The van der Waals surface area contributed by atoms with Gasteiger partial charge in [-0.3, -0.25) is 24.0 Å². The van der Waals surface area contributed by atoms with Gasteiger partial charge >= 0.3 is 5.97 Å². The lowest BCUT2D eigenvalue weighted by molar-refractivity contribution is -0.154. The lowest BCUT2D eigenvalue weighted by Gasteiger charge is -2.26. The Morgan fingerprint density at radius 3 is 2.74 bits per heavy atom. The van der Waals surface area contributed by atoms with Gasteiger partial charge in [0.1, 0.15) is 11.2 Å². The van der Waals surface area contributed by atoms with Gasteiger partial charge in [0.05, 0.1) is 30.6 Å². The zero-order valence-corrected chi connectivity index (χ0v) is 22.2. The first-order chi connectivity index (χ1) is 18.1. The maximum atomic E-state index is 12.9. The van der Waals surface area contributed by atoms with Gasteiger partial charge in [-0.05, 0) is 51.3 Å². The summed E-state index contributed by atoms with van der Waals surface area (Å²) in [7, 11) is 1.54. The van der Waals surface area contributed by atoms with Crippen LogP contribution in [0.15, 0.2) is 24.3 Å². The number of esters is 1. The highest BCUT2D eigenvalue weighted by Crippen LogP contribution is 2.32. The molecule has 1 aliphatic heterocycles. The van der Waals surface area contributed by atoms with Gasteiger partial charge in [0.15, 0.2) is 12.4 Å². The van der Waals surface area contributed by atoms with Crippen LogP contribution in [0, 0.1) is 22.7 Å². The molecule has 3 rings (SSSR count). The van der Waals surface area contributed by atoms with E-state index in [9.17, 15) is 24.0 Å². The van der Waals surface area contributed by atoms with E-state index in [0.29, 0.717) is 23.6 Å². The van der Waals surface area contributed by atoms with Gasteiger partial charge in [0, 0.05) is 22.5 Å². The molecule has 2 aromatic rings. The minimum absolute atomic E-state index is 0.0135. The van der Waals surface area contributed by atoms with Crippen molar-refractivity contribution in [3.63, 3.8) is 0 Å². The second kappa shape index (κ2) is 12.5. The Kier molecular flexibility index (Phi) is 9.41. The van der Waals surface area contributed by atoms with Crippen LogP contribution in [-0.2, 0) is 23.9 Å². The second-order valence-corrected chi connectivity index (χ2v) is 10.5. The number of Topliss-reactive ketones (excluding diaryl/α,β-unsaturated/α-hetero) is 1. The number of benzene rings is 1. The second-order valence-electron chi connectivity index (χ2n) is 9.43. The average Bonchev–Trinajstić information content (AvgIpc) is 3.35. The number of ketones is 1. The van der Waals surface area contributed by atoms with Crippen molar-refractivity contribution >= 4 is 50.9 Å². The molecule has 0 spiro atoms. The highest BCUT2D eigenvalue weighted by atomic mass is 32.1. The number of thiophene rings is 1. The lowest BCUT2D eigenvalue weighted by atomic mass is 9.90. The monoisotopic (exact) mass is 542 g/mol. The van der Waals surface area contributed by atoms with Crippen LogP contribution in [0.25, 0.3) is 10.1 Å². The van der Waals surface area contributed by atoms with Crippen LogP contribution in [0.5, 0.6) is 5.75 Å². The van der Waals surface area contributed by atoms with Crippen molar-refractivity contribution in [2.45, 2.75) is 39.2 Å². The summed E-state index contributed by atoms with van der Waals surface area (Å²) in [5.41, 5.74) is -1.44. The van der Waals surface area contributed by atoms with Gasteiger partial charge in [-0.1, -0.05) is 6.07 Å². The summed E-state index contributed by atoms with van der Waals surface area (Å²) < 4.78 is 11.2. The highest BCUT2D eigenvalue weighted by molar-refractivity contribution is 7.20. The predicted octanol–water partition coefficient (Wildman–Crippen LogP) is 1.70. The van der Waals surface area contributed by atoms with Gasteiger partial charge in [-0.2, -0.15) is 5.26 Å². The van der Waals surface area contributed by atoms with E-state index in [1.54, 1.807) is 18.2 Å². The molecule has 2 heterocycles. The summed E-state index contributed by atoms with van der Waals surface area (Å²) in [6, 6.07) is 7.81. The zero-order valence-electron chi connectivity index (χ0n) is 21.4. The third kappa shape index (κ3) is 7.07. The van der Waals surface area contributed by atoms with Gasteiger partial charge < -0.3 is 25.4 Å². The number of nitriles is 1. The van der Waals surface area contributed by atoms with E-state index >= 15 is 0 Å². The van der Waals surface area contributed by atoms with Gasteiger partial charge in [-0.25, -0.2) is 0 Å². The molecule has 1 fully saturated rings. The molecule has 1 unspecified atom stereocenters. The van der Waals surface area contributed by atoms with E-state index in [-0.39, 0.29) is 12.3 Å². The Morgan fingerprint density at radius 2 is 2.05 bits per heavy atom. The summed E-state index contributed by atoms with van der Waals surface area (Å²) in [6.07, 6.45) is 1.28. The number of nitrogens with one attached hydrogen (secondary N) is 3. The van der Waals surface area contributed by atoms with Crippen LogP contribution >= 0.6 is 11.3 Å². The Morgan fingerprint density at radius 1 is 1.29 bits per heavy atom. The van der Waals surface area contributed by atoms with Crippen molar-refractivity contribution in [2.24, 2.45) is 11.3 Å². The molecule has 3 N–H and O–H groups in total. The van der Waals surface area contributed by atoms with E-state index < -0.39 is 54.1 Å². The number of rotatable bonds is 11.